The Morgan fingerprint density at radius 2 is 1.97 bits per heavy atom. The fraction of sp³-hybridized carbons (Fsp3) is 0.167. The number of hydrogen-bond acceptors (Lipinski definition) is 7. The Morgan fingerprint density at radius 3 is 2.72 bits per heavy atom. The summed E-state index contributed by atoms with van der Waals surface area (Å²) in [5, 5.41) is 19.0. The summed E-state index contributed by atoms with van der Waals surface area (Å²) in [5.74, 6) is 0.965. The summed E-state index contributed by atoms with van der Waals surface area (Å²) in [6, 6.07) is 7.49. The van der Waals surface area contributed by atoms with Crippen molar-refractivity contribution in [3.8, 4) is 5.95 Å². The Kier molecular flexibility index (Phi) is 4.48. The van der Waals surface area contributed by atoms with Gasteiger partial charge < -0.3 is 4.42 Å². The second-order valence-electron chi connectivity index (χ2n) is 6.52. The van der Waals surface area contributed by atoms with Gasteiger partial charge in [0.05, 0.1) is 21.4 Å². The molecule has 0 amide bonds. The van der Waals surface area contributed by atoms with E-state index in [2.05, 4.69) is 52.3 Å². The van der Waals surface area contributed by atoms with Gasteiger partial charge in [0.25, 0.3) is 5.95 Å². The van der Waals surface area contributed by atoms with Crippen LogP contribution in [0.4, 0.5) is 0 Å². The molecule has 11 heteroatoms. The molecule has 4 aromatic rings. The van der Waals surface area contributed by atoms with Gasteiger partial charge in [-0.25, -0.2) is 9.48 Å². The molecule has 146 valence electrons. The average Bonchev–Trinajstić information content (AvgIpc) is 3.23. The van der Waals surface area contributed by atoms with E-state index in [-0.39, 0.29) is 0 Å². The largest absolute Gasteiger partial charge is 0.421 e. The zero-order chi connectivity index (χ0) is 20.3. The van der Waals surface area contributed by atoms with Crippen molar-refractivity contribution in [2.24, 2.45) is 5.10 Å². The zero-order valence-electron chi connectivity index (χ0n) is 15.2. The minimum Gasteiger partial charge on any atom is -0.421 e. The van der Waals surface area contributed by atoms with Crippen LogP contribution in [0.25, 0.3) is 16.9 Å². The van der Waals surface area contributed by atoms with Gasteiger partial charge in [0, 0.05) is 21.3 Å². The Balaban J connectivity index is 1.67. The van der Waals surface area contributed by atoms with Crippen molar-refractivity contribution in [3.63, 3.8) is 0 Å². The number of halogens is 2. The molecule has 0 aliphatic carbocycles. The van der Waals surface area contributed by atoms with Gasteiger partial charge in [-0.1, -0.05) is 27.7 Å². The van der Waals surface area contributed by atoms with E-state index in [4.69, 9.17) is 4.42 Å². The van der Waals surface area contributed by atoms with Crippen LogP contribution in [0, 0.1) is 13.8 Å². The van der Waals surface area contributed by atoms with Crippen LogP contribution in [0.2, 0.25) is 0 Å². The van der Waals surface area contributed by atoms with E-state index < -0.39 is 5.63 Å². The molecule has 3 aromatic heterocycles. The molecular formula is C18H12Br2N6O2S. The Hall–Kier alpha value is -2.24. The Labute approximate surface area is 185 Å². The third-order valence-corrected chi connectivity index (χ3v) is 6.39. The van der Waals surface area contributed by atoms with Crippen molar-refractivity contribution in [1.82, 2.24) is 24.7 Å². The van der Waals surface area contributed by atoms with Crippen LogP contribution >= 0.6 is 43.6 Å². The summed E-state index contributed by atoms with van der Waals surface area (Å²) in [5.41, 5.74) is 2.86. The van der Waals surface area contributed by atoms with Crippen molar-refractivity contribution < 1.29 is 4.42 Å². The molecule has 5 rings (SSSR count). The number of nitrogens with zero attached hydrogens (tertiary/aromatic N) is 6. The van der Waals surface area contributed by atoms with E-state index in [1.54, 1.807) is 15.4 Å². The van der Waals surface area contributed by atoms with E-state index in [0.717, 1.165) is 21.2 Å². The van der Waals surface area contributed by atoms with E-state index in [0.29, 0.717) is 38.2 Å². The molecule has 0 saturated carbocycles. The smallest absolute Gasteiger partial charge is 0.345 e. The molecule has 0 fully saturated rings. The molecular weight excluding hydrogens is 524 g/mol. The van der Waals surface area contributed by atoms with Gasteiger partial charge in [-0.2, -0.15) is 14.9 Å². The molecule has 1 aliphatic heterocycles. The predicted molar refractivity (Wildman–Crippen MR) is 117 cm³/mol. The lowest BCUT2D eigenvalue weighted by Crippen LogP contribution is -2.21. The first-order valence-corrected chi connectivity index (χ1v) is 11.1. The number of rotatable bonds is 2. The highest BCUT2D eigenvalue weighted by molar-refractivity contribution is 9.11. The number of thioether (sulfide) groups is 1. The molecule has 1 aliphatic rings. The standard InChI is InChI=1S/C18H12Br2N6O2S/c1-8-3-9(2)25(23-8)17-21-22-18-26(17)24-14(7-29-18)12-5-10-4-11(19)6-13(20)15(10)28-16(12)27/h3-6H,7H2,1-2H3. The number of aromatic nitrogens is 5. The van der Waals surface area contributed by atoms with Crippen LogP contribution < -0.4 is 5.63 Å². The van der Waals surface area contributed by atoms with Crippen LogP contribution in [-0.2, 0) is 0 Å². The lowest BCUT2D eigenvalue weighted by molar-refractivity contribution is 0.557. The average molecular weight is 536 g/mol. The summed E-state index contributed by atoms with van der Waals surface area (Å²) in [4.78, 5) is 12.7. The van der Waals surface area contributed by atoms with Gasteiger partial charge in [0.1, 0.15) is 0 Å². The summed E-state index contributed by atoms with van der Waals surface area (Å²) in [6.45, 7) is 3.85. The fourth-order valence-electron chi connectivity index (χ4n) is 3.17. The third kappa shape index (κ3) is 3.17. The Morgan fingerprint density at radius 1 is 1.14 bits per heavy atom. The lowest BCUT2D eigenvalue weighted by atomic mass is 10.1. The normalized spacial score (nSPS) is 13.6. The molecule has 0 radical (unpaired) electrons. The van der Waals surface area contributed by atoms with Crippen molar-refractivity contribution in [2.45, 2.75) is 19.0 Å². The molecule has 0 unspecified atom stereocenters. The van der Waals surface area contributed by atoms with Crippen LogP contribution in [0.15, 0.2) is 52.7 Å². The van der Waals surface area contributed by atoms with E-state index in [1.165, 1.54) is 11.8 Å². The SMILES string of the molecule is Cc1cc(C)n(-c2nnc3n2N=C(c2cc4cc(Br)cc(Br)c4oc2=O)CS3)n1. The molecule has 29 heavy (non-hydrogen) atoms. The minimum atomic E-state index is -0.441. The first-order valence-electron chi connectivity index (χ1n) is 8.53. The van der Waals surface area contributed by atoms with Crippen LogP contribution in [0.5, 0.6) is 0 Å². The van der Waals surface area contributed by atoms with Crippen LogP contribution in [-0.4, -0.2) is 36.1 Å². The summed E-state index contributed by atoms with van der Waals surface area (Å²) in [6.07, 6.45) is 0. The first kappa shape index (κ1) is 18.8. The zero-order valence-corrected chi connectivity index (χ0v) is 19.2. The van der Waals surface area contributed by atoms with Gasteiger partial charge in [0.15, 0.2) is 5.58 Å². The van der Waals surface area contributed by atoms with Crippen LogP contribution in [0.3, 0.4) is 0 Å². The van der Waals surface area contributed by atoms with Crippen LogP contribution in [0.1, 0.15) is 17.0 Å². The van der Waals surface area contributed by atoms with Gasteiger partial charge in [-0.05, 0) is 54.0 Å². The highest BCUT2D eigenvalue weighted by Crippen LogP contribution is 2.30. The molecule has 0 bridgehead atoms. The monoisotopic (exact) mass is 534 g/mol. The number of fused-ring (bicyclic) bond motifs is 2. The molecule has 4 heterocycles. The number of hydrogen-bond donors (Lipinski definition) is 0. The second-order valence-corrected chi connectivity index (χ2v) is 9.23. The Bertz CT molecular complexity index is 1390. The minimum absolute atomic E-state index is 0.411. The van der Waals surface area contributed by atoms with Gasteiger partial charge in [-0.3, -0.25) is 0 Å². The molecule has 8 nitrogen and oxygen atoms in total. The van der Waals surface area contributed by atoms with E-state index in [1.807, 2.05) is 32.0 Å². The van der Waals surface area contributed by atoms with Gasteiger partial charge in [0.2, 0.25) is 5.16 Å². The maximum Gasteiger partial charge on any atom is 0.345 e. The van der Waals surface area contributed by atoms with Crippen molar-refractivity contribution in [2.75, 3.05) is 5.75 Å². The molecule has 0 spiro atoms. The topological polar surface area (TPSA) is 91.1 Å². The second kappa shape index (κ2) is 6.92. The number of benzene rings is 1. The fourth-order valence-corrected chi connectivity index (χ4v) is 5.33. The van der Waals surface area contributed by atoms with Gasteiger partial charge in [-0.15, -0.1) is 10.2 Å². The van der Waals surface area contributed by atoms with Crippen molar-refractivity contribution >= 4 is 60.3 Å². The summed E-state index contributed by atoms with van der Waals surface area (Å²) >= 11 is 8.36. The maximum atomic E-state index is 12.7. The molecule has 0 saturated heterocycles. The predicted octanol–water partition coefficient (Wildman–Crippen LogP) is 4.07. The summed E-state index contributed by atoms with van der Waals surface area (Å²) < 4.78 is 10.5. The van der Waals surface area contributed by atoms with E-state index >= 15 is 0 Å². The van der Waals surface area contributed by atoms with Crippen molar-refractivity contribution in [3.05, 3.63) is 60.6 Å². The third-order valence-electron chi connectivity index (χ3n) is 4.42. The molecule has 0 N–H and O–H groups in total. The first-order chi connectivity index (χ1) is 13.9. The van der Waals surface area contributed by atoms with Gasteiger partial charge >= 0.3 is 5.63 Å². The van der Waals surface area contributed by atoms with Crippen molar-refractivity contribution in [1.29, 1.82) is 0 Å². The molecule has 0 atom stereocenters. The van der Waals surface area contributed by atoms with E-state index in [9.17, 15) is 4.79 Å². The lowest BCUT2D eigenvalue weighted by Gasteiger charge is -2.14. The summed E-state index contributed by atoms with van der Waals surface area (Å²) in [7, 11) is 0. The quantitative estimate of drug-likeness (QED) is 0.359. The maximum absolute atomic E-state index is 12.7. The highest BCUT2D eigenvalue weighted by atomic mass is 79.9. The molecule has 1 aromatic carbocycles. The highest BCUT2D eigenvalue weighted by Gasteiger charge is 2.24. The number of aryl methyl sites for hydroxylation is 2.